The lowest BCUT2D eigenvalue weighted by molar-refractivity contribution is -0.179. The number of benzene rings is 2. The van der Waals surface area contributed by atoms with Gasteiger partial charge in [0.05, 0.1) is 18.2 Å². The minimum absolute atomic E-state index is 0.00288. The van der Waals surface area contributed by atoms with Crippen LogP contribution < -0.4 is 10.9 Å². The van der Waals surface area contributed by atoms with E-state index in [0.29, 0.717) is 35.2 Å². The molecule has 1 saturated heterocycles. The number of fused-ring (bicyclic) bond motifs is 1. The molecule has 0 bridgehead atoms. The van der Waals surface area contributed by atoms with E-state index in [0.717, 1.165) is 84.0 Å². The Labute approximate surface area is 297 Å². The Morgan fingerprint density at radius 1 is 0.960 bits per heavy atom. The molecule has 1 aromatic heterocycles. The summed E-state index contributed by atoms with van der Waals surface area (Å²) in [6.07, 6.45) is 14.6. The van der Waals surface area contributed by atoms with Gasteiger partial charge in [-0.05, 0) is 88.0 Å². The standard InChI is InChI=1S/C41H59N3O6/c1-40(30-50-39(48)41(49,31-15-9-7-10-16-31)32-17-11-8-12-18-32)23-27-44(28-24-40)26-14-6-4-2-3-5-13-25-42-29-36(46)33-19-21-35(45)38-34(33)20-22-37(47)43-38/h7,9-10,15-16,19-22,32,36,42,45-46,49H,2-6,8,11-14,17-18,23-30H2,1H3,(H,43,47)/t36-,41?/m1/s1. The molecule has 2 aromatic carbocycles. The molecule has 9 heteroatoms. The van der Waals surface area contributed by atoms with Gasteiger partial charge in [-0.3, -0.25) is 4.79 Å². The summed E-state index contributed by atoms with van der Waals surface area (Å²) in [5, 5.41) is 36.6. The predicted molar refractivity (Wildman–Crippen MR) is 198 cm³/mol. The number of aliphatic hydroxyl groups is 2. The van der Waals surface area contributed by atoms with Crippen LogP contribution in [0.25, 0.3) is 10.9 Å². The number of pyridine rings is 1. The average molecular weight is 690 g/mol. The van der Waals surface area contributed by atoms with Gasteiger partial charge in [-0.25, -0.2) is 4.79 Å². The van der Waals surface area contributed by atoms with E-state index in [1.807, 2.05) is 30.3 Å². The van der Waals surface area contributed by atoms with Gasteiger partial charge in [-0.1, -0.05) is 94.7 Å². The van der Waals surface area contributed by atoms with Crippen molar-refractivity contribution in [1.82, 2.24) is 15.2 Å². The number of phenolic OH excluding ortho intramolecular Hbond substituents is 1. The number of phenols is 1. The van der Waals surface area contributed by atoms with E-state index in [1.54, 1.807) is 12.1 Å². The fourth-order valence-electron chi connectivity index (χ4n) is 7.91. The molecule has 5 rings (SSSR count). The molecule has 3 aromatic rings. The number of esters is 1. The van der Waals surface area contributed by atoms with Crippen LogP contribution in [0.5, 0.6) is 5.75 Å². The second-order valence-corrected chi connectivity index (χ2v) is 15.2. The molecule has 0 spiro atoms. The molecule has 50 heavy (non-hydrogen) atoms. The number of likely N-dealkylation sites (tertiary alicyclic amines) is 1. The average Bonchev–Trinajstić information content (AvgIpc) is 3.14. The highest BCUT2D eigenvalue weighted by atomic mass is 16.6. The van der Waals surface area contributed by atoms with E-state index in [9.17, 15) is 24.9 Å². The monoisotopic (exact) mass is 689 g/mol. The minimum Gasteiger partial charge on any atom is -0.506 e. The molecule has 1 unspecified atom stereocenters. The maximum atomic E-state index is 13.5. The zero-order valence-corrected chi connectivity index (χ0v) is 30.0. The number of carbonyl (C=O) groups is 1. The maximum absolute atomic E-state index is 13.5. The fourth-order valence-corrected chi connectivity index (χ4v) is 7.91. The summed E-state index contributed by atoms with van der Waals surface area (Å²) in [5.74, 6) is -0.579. The van der Waals surface area contributed by atoms with Gasteiger partial charge < -0.3 is 35.3 Å². The summed E-state index contributed by atoms with van der Waals surface area (Å²) in [4.78, 5) is 30.4. The highest BCUT2D eigenvalue weighted by molar-refractivity contribution is 5.87. The van der Waals surface area contributed by atoms with E-state index in [4.69, 9.17) is 4.74 Å². The van der Waals surface area contributed by atoms with E-state index >= 15 is 0 Å². The van der Waals surface area contributed by atoms with Crippen LogP contribution >= 0.6 is 0 Å². The number of piperidine rings is 1. The van der Waals surface area contributed by atoms with E-state index < -0.39 is 17.7 Å². The Kier molecular flexibility index (Phi) is 13.9. The lowest BCUT2D eigenvalue weighted by Crippen LogP contribution is -2.47. The number of rotatable bonds is 18. The Hall–Kier alpha value is -3.24. The molecule has 2 fully saturated rings. The summed E-state index contributed by atoms with van der Waals surface area (Å²) in [6.45, 7) is 6.98. The number of aromatic nitrogens is 1. The van der Waals surface area contributed by atoms with Crippen molar-refractivity contribution < 1.29 is 24.9 Å². The number of ether oxygens (including phenoxy) is 1. The molecule has 2 atom stereocenters. The van der Waals surface area contributed by atoms with E-state index in [1.165, 1.54) is 44.2 Å². The van der Waals surface area contributed by atoms with Gasteiger partial charge in [0.25, 0.3) is 0 Å². The largest absolute Gasteiger partial charge is 0.506 e. The number of aromatic amines is 1. The number of nitrogens with zero attached hydrogens (tertiary/aromatic N) is 1. The number of carbonyl (C=O) groups excluding carboxylic acids is 1. The minimum atomic E-state index is -1.57. The van der Waals surface area contributed by atoms with Gasteiger partial charge in [0, 0.05) is 29.3 Å². The third-order valence-electron chi connectivity index (χ3n) is 11.3. The van der Waals surface area contributed by atoms with Crippen LogP contribution in [0.3, 0.4) is 0 Å². The van der Waals surface area contributed by atoms with Crippen LogP contribution in [-0.4, -0.2) is 70.5 Å². The quantitative estimate of drug-likeness (QED) is 0.0736. The SMILES string of the molecule is CC1(COC(=O)C(O)(c2ccccc2)C2CCCCC2)CCN(CCCCCCCCCNC[C@@H](O)c2ccc(O)c3[nH]c(=O)ccc23)CC1. The summed E-state index contributed by atoms with van der Waals surface area (Å²) in [7, 11) is 0. The van der Waals surface area contributed by atoms with Gasteiger partial charge >= 0.3 is 5.97 Å². The first-order chi connectivity index (χ1) is 24.2. The van der Waals surface area contributed by atoms with Crippen molar-refractivity contribution in [2.75, 3.05) is 39.3 Å². The van der Waals surface area contributed by atoms with Crippen molar-refractivity contribution in [3.05, 3.63) is 76.1 Å². The topological polar surface area (TPSA) is 135 Å². The van der Waals surface area contributed by atoms with E-state index in [-0.39, 0.29) is 22.6 Å². The van der Waals surface area contributed by atoms with Gasteiger partial charge in [0.15, 0.2) is 5.60 Å². The smallest absolute Gasteiger partial charge is 0.343 e. The molecule has 1 saturated carbocycles. The molecule has 1 aliphatic carbocycles. The number of unbranched alkanes of at least 4 members (excludes halogenated alkanes) is 6. The van der Waals surface area contributed by atoms with Crippen molar-refractivity contribution in [1.29, 1.82) is 0 Å². The predicted octanol–water partition coefficient (Wildman–Crippen LogP) is 6.70. The molecule has 1 aliphatic heterocycles. The van der Waals surface area contributed by atoms with Crippen molar-refractivity contribution in [3.63, 3.8) is 0 Å². The lowest BCUT2D eigenvalue weighted by atomic mass is 9.73. The number of hydrogen-bond donors (Lipinski definition) is 5. The zero-order chi connectivity index (χ0) is 35.4. The summed E-state index contributed by atoms with van der Waals surface area (Å²) in [5.41, 5.74) is -0.232. The molecule has 5 N–H and O–H groups in total. The number of nitrogens with one attached hydrogen (secondary N) is 2. The summed E-state index contributed by atoms with van der Waals surface area (Å²) < 4.78 is 5.97. The van der Waals surface area contributed by atoms with Crippen LogP contribution in [0.1, 0.15) is 114 Å². The van der Waals surface area contributed by atoms with Crippen molar-refractivity contribution in [3.8, 4) is 5.75 Å². The Morgan fingerprint density at radius 3 is 2.36 bits per heavy atom. The highest BCUT2D eigenvalue weighted by Crippen LogP contribution is 2.41. The van der Waals surface area contributed by atoms with Gasteiger partial charge in [0.2, 0.25) is 5.56 Å². The zero-order valence-electron chi connectivity index (χ0n) is 30.0. The molecule has 0 amide bonds. The first kappa shape index (κ1) is 38.0. The molecular formula is C41H59N3O6. The number of H-pyrrole nitrogens is 1. The third kappa shape index (κ3) is 9.96. The van der Waals surface area contributed by atoms with Crippen LogP contribution in [0.15, 0.2) is 59.4 Å². The fraction of sp³-hybridized carbons (Fsp3) is 0.610. The lowest BCUT2D eigenvalue weighted by Gasteiger charge is -2.41. The van der Waals surface area contributed by atoms with Gasteiger partial charge in [-0.15, -0.1) is 0 Å². The summed E-state index contributed by atoms with van der Waals surface area (Å²) in [6, 6.07) is 15.7. The van der Waals surface area contributed by atoms with Crippen LogP contribution in [0.4, 0.5) is 0 Å². The van der Waals surface area contributed by atoms with Crippen LogP contribution in [-0.2, 0) is 15.1 Å². The first-order valence-electron chi connectivity index (χ1n) is 19.1. The molecule has 274 valence electrons. The Bertz CT molecular complexity index is 1550. The summed E-state index contributed by atoms with van der Waals surface area (Å²) >= 11 is 0. The molecular weight excluding hydrogens is 630 g/mol. The van der Waals surface area contributed by atoms with E-state index in [2.05, 4.69) is 22.1 Å². The van der Waals surface area contributed by atoms with Crippen molar-refractivity contribution in [2.45, 2.75) is 109 Å². The molecule has 2 heterocycles. The second kappa shape index (κ2) is 18.3. The first-order valence-corrected chi connectivity index (χ1v) is 19.1. The molecule has 9 nitrogen and oxygen atoms in total. The number of aromatic hydroxyl groups is 1. The molecule has 2 aliphatic rings. The number of aliphatic hydroxyl groups excluding tert-OH is 1. The Morgan fingerprint density at radius 2 is 1.64 bits per heavy atom. The third-order valence-corrected chi connectivity index (χ3v) is 11.3. The van der Waals surface area contributed by atoms with Crippen molar-refractivity contribution in [2.24, 2.45) is 11.3 Å². The van der Waals surface area contributed by atoms with Crippen LogP contribution in [0, 0.1) is 11.3 Å². The normalized spacial score (nSPS) is 18.9. The molecule has 0 radical (unpaired) electrons. The highest BCUT2D eigenvalue weighted by Gasteiger charge is 2.47. The Balaban J connectivity index is 0.909. The van der Waals surface area contributed by atoms with Crippen LogP contribution in [0.2, 0.25) is 0 Å². The van der Waals surface area contributed by atoms with Crippen molar-refractivity contribution >= 4 is 16.9 Å². The maximum Gasteiger partial charge on any atom is 0.343 e. The second-order valence-electron chi connectivity index (χ2n) is 15.2. The van der Waals surface area contributed by atoms with Gasteiger partial charge in [0.1, 0.15) is 5.75 Å². The van der Waals surface area contributed by atoms with Gasteiger partial charge in [-0.2, -0.15) is 0 Å². The number of hydrogen-bond acceptors (Lipinski definition) is 8.